The second kappa shape index (κ2) is 13.8. The standard InChI is InChI=1S/C25H33N5O2.HI/c1-4-26-25(28-17-24(31)22-10-6-11-23(15-22)32-19(2)3)27-16-20-8-5-9-21(14-20)18-30-13-7-12-29-30;/h5-15,19,24,31H,4,16-18H2,1-3H3,(H2,26,27,28);1H. The van der Waals surface area contributed by atoms with Gasteiger partial charge in [-0.15, -0.1) is 24.0 Å². The smallest absolute Gasteiger partial charge is 0.191 e. The Morgan fingerprint density at radius 2 is 1.88 bits per heavy atom. The van der Waals surface area contributed by atoms with Gasteiger partial charge in [0.2, 0.25) is 0 Å². The second-order valence-corrected chi connectivity index (χ2v) is 7.85. The van der Waals surface area contributed by atoms with Gasteiger partial charge in [0.05, 0.1) is 25.3 Å². The number of nitrogens with one attached hydrogen (secondary N) is 2. The van der Waals surface area contributed by atoms with Crippen molar-refractivity contribution < 1.29 is 9.84 Å². The molecule has 7 nitrogen and oxygen atoms in total. The molecule has 0 radical (unpaired) electrons. The zero-order valence-corrected chi connectivity index (χ0v) is 21.8. The summed E-state index contributed by atoms with van der Waals surface area (Å²) in [6.07, 6.45) is 3.15. The molecule has 1 unspecified atom stereocenters. The summed E-state index contributed by atoms with van der Waals surface area (Å²) in [7, 11) is 0. The molecule has 1 aromatic heterocycles. The third-order valence-electron chi connectivity index (χ3n) is 4.74. The summed E-state index contributed by atoms with van der Waals surface area (Å²) in [5.74, 6) is 1.42. The van der Waals surface area contributed by atoms with E-state index in [0.29, 0.717) is 19.0 Å². The lowest BCUT2D eigenvalue weighted by Gasteiger charge is -2.17. The molecule has 0 aliphatic heterocycles. The number of halogens is 1. The van der Waals surface area contributed by atoms with E-state index in [1.54, 1.807) is 6.20 Å². The van der Waals surface area contributed by atoms with Gasteiger partial charge in [-0.05, 0) is 55.7 Å². The van der Waals surface area contributed by atoms with Gasteiger partial charge < -0.3 is 20.5 Å². The molecule has 0 amide bonds. The summed E-state index contributed by atoms with van der Waals surface area (Å²) in [5.41, 5.74) is 3.10. The van der Waals surface area contributed by atoms with Crippen molar-refractivity contribution in [2.24, 2.45) is 4.99 Å². The highest BCUT2D eigenvalue weighted by atomic mass is 127. The maximum atomic E-state index is 10.6. The van der Waals surface area contributed by atoms with Gasteiger partial charge in [0.1, 0.15) is 5.75 Å². The van der Waals surface area contributed by atoms with E-state index in [1.165, 1.54) is 5.56 Å². The largest absolute Gasteiger partial charge is 0.491 e. The number of hydrogen-bond acceptors (Lipinski definition) is 4. The van der Waals surface area contributed by atoms with Crippen LogP contribution in [0.25, 0.3) is 0 Å². The van der Waals surface area contributed by atoms with Crippen molar-refractivity contribution in [2.45, 2.75) is 46.1 Å². The highest BCUT2D eigenvalue weighted by molar-refractivity contribution is 14.0. The monoisotopic (exact) mass is 563 g/mol. The summed E-state index contributed by atoms with van der Waals surface area (Å²) < 4.78 is 7.63. The molecule has 0 bridgehead atoms. The van der Waals surface area contributed by atoms with Crippen molar-refractivity contribution in [1.82, 2.24) is 20.4 Å². The summed E-state index contributed by atoms with van der Waals surface area (Å²) in [4.78, 5) is 4.68. The van der Waals surface area contributed by atoms with Gasteiger partial charge in [0.15, 0.2) is 5.96 Å². The molecule has 8 heteroatoms. The minimum atomic E-state index is -0.674. The highest BCUT2D eigenvalue weighted by Crippen LogP contribution is 2.20. The van der Waals surface area contributed by atoms with E-state index in [-0.39, 0.29) is 30.1 Å². The van der Waals surface area contributed by atoms with E-state index in [2.05, 4.69) is 38.9 Å². The maximum Gasteiger partial charge on any atom is 0.191 e. The SMILES string of the molecule is CCNC(=NCc1cccc(Cn2cccn2)c1)NCC(O)c1cccc(OC(C)C)c1.I. The first-order chi connectivity index (χ1) is 15.5. The van der Waals surface area contributed by atoms with Gasteiger partial charge in [-0.2, -0.15) is 5.10 Å². The number of aliphatic hydroxyl groups excluding tert-OH is 1. The van der Waals surface area contributed by atoms with Gasteiger partial charge in [-0.3, -0.25) is 4.68 Å². The van der Waals surface area contributed by atoms with Gasteiger partial charge in [0, 0.05) is 25.5 Å². The highest BCUT2D eigenvalue weighted by Gasteiger charge is 2.10. The Balaban J connectivity index is 0.00000385. The number of aliphatic hydroxyl groups is 1. The van der Waals surface area contributed by atoms with Crippen molar-refractivity contribution in [1.29, 1.82) is 0 Å². The predicted octanol–water partition coefficient (Wildman–Crippen LogP) is 4.13. The molecule has 2 aromatic carbocycles. The van der Waals surface area contributed by atoms with Crippen LogP contribution in [0, 0.1) is 0 Å². The fourth-order valence-corrected chi connectivity index (χ4v) is 3.30. The van der Waals surface area contributed by atoms with Gasteiger partial charge >= 0.3 is 0 Å². The minimum Gasteiger partial charge on any atom is -0.491 e. The number of guanidine groups is 1. The average molecular weight is 563 g/mol. The number of benzene rings is 2. The normalized spacial score (nSPS) is 12.2. The number of aliphatic imine (C=N–C) groups is 1. The molecule has 33 heavy (non-hydrogen) atoms. The molecule has 0 saturated heterocycles. The number of nitrogens with zero attached hydrogens (tertiary/aromatic N) is 3. The molecule has 178 valence electrons. The first kappa shape index (κ1) is 26.7. The molecular weight excluding hydrogens is 529 g/mol. The van der Waals surface area contributed by atoms with Gasteiger partial charge in [-0.25, -0.2) is 4.99 Å². The van der Waals surface area contributed by atoms with Crippen LogP contribution in [-0.2, 0) is 13.1 Å². The lowest BCUT2D eigenvalue weighted by Crippen LogP contribution is -2.39. The molecule has 0 aliphatic carbocycles. The number of rotatable bonds is 10. The number of aromatic nitrogens is 2. The van der Waals surface area contributed by atoms with Crippen LogP contribution in [0.3, 0.4) is 0 Å². The average Bonchev–Trinajstić information content (AvgIpc) is 3.28. The summed E-state index contributed by atoms with van der Waals surface area (Å²) in [5, 5.41) is 21.4. The Hall–Kier alpha value is -2.59. The first-order valence-corrected chi connectivity index (χ1v) is 11.1. The molecule has 3 N–H and O–H groups in total. The molecule has 1 atom stereocenters. The predicted molar refractivity (Wildman–Crippen MR) is 143 cm³/mol. The van der Waals surface area contributed by atoms with Crippen LogP contribution < -0.4 is 15.4 Å². The van der Waals surface area contributed by atoms with Crippen LogP contribution in [0.2, 0.25) is 0 Å². The van der Waals surface area contributed by atoms with Crippen LogP contribution in [-0.4, -0.2) is 40.0 Å². The first-order valence-electron chi connectivity index (χ1n) is 11.1. The van der Waals surface area contributed by atoms with Crippen molar-refractivity contribution in [3.05, 3.63) is 83.7 Å². The van der Waals surface area contributed by atoms with E-state index >= 15 is 0 Å². The molecular formula is C25H34IN5O2. The number of hydrogen-bond donors (Lipinski definition) is 3. The molecule has 0 spiro atoms. The van der Waals surface area contributed by atoms with Crippen molar-refractivity contribution in [2.75, 3.05) is 13.1 Å². The molecule has 3 aromatic rings. The van der Waals surface area contributed by atoms with E-state index in [4.69, 9.17) is 4.74 Å². The Bertz CT molecular complexity index is 992. The molecule has 1 heterocycles. The fraction of sp³-hybridized carbons (Fsp3) is 0.360. The van der Waals surface area contributed by atoms with Crippen molar-refractivity contribution >= 4 is 29.9 Å². The zero-order chi connectivity index (χ0) is 22.8. The third kappa shape index (κ3) is 9.05. The van der Waals surface area contributed by atoms with Gasteiger partial charge in [0.25, 0.3) is 0 Å². The molecule has 0 fully saturated rings. The Labute approximate surface area is 213 Å². The Morgan fingerprint density at radius 1 is 1.09 bits per heavy atom. The van der Waals surface area contributed by atoms with Crippen LogP contribution in [0.15, 0.2) is 72.0 Å². The lowest BCUT2D eigenvalue weighted by atomic mass is 10.1. The minimum absolute atomic E-state index is 0. The van der Waals surface area contributed by atoms with Crippen LogP contribution in [0.5, 0.6) is 5.75 Å². The van der Waals surface area contributed by atoms with Crippen molar-refractivity contribution in [3.8, 4) is 5.75 Å². The molecule has 0 aliphatic rings. The third-order valence-corrected chi connectivity index (χ3v) is 4.74. The summed E-state index contributed by atoms with van der Waals surface area (Å²) in [6.45, 7) is 8.33. The van der Waals surface area contributed by atoms with E-state index in [1.807, 2.05) is 68.0 Å². The topological polar surface area (TPSA) is 83.7 Å². The lowest BCUT2D eigenvalue weighted by molar-refractivity contribution is 0.179. The molecule has 3 rings (SSSR count). The van der Waals surface area contributed by atoms with Crippen molar-refractivity contribution in [3.63, 3.8) is 0 Å². The Kier molecular flexibility index (Phi) is 11.2. The quantitative estimate of drug-likeness (QED) is 0.196. The summed E-state index contributed by atoms with van der Waals surface area (Å²) in [6, 6.07) is 17.8. The van der Waals surface area contributed by atoms with E-state index in [0.717, 1.165) is 30.0 Å². The molecule has 0 saturated carbocycles. The number of ether oxygens (including phenoxy) is 1. The van der Waals surface area contributed by atoms with Crippen LogP contribution >= 0.6 is 24.0 Å². The van der Waals surface area contributed by atoms with Crippen LogP contribution in [0.4, 0.5) is 0 Å². The summed E-state index contributed by atoms with van der Waals surface area (Å²) >= 11 is 0. The zero-order valence-electron chi connectivity index (χ0n) is 19.4. The van der Waals surface area contributed by atoms with Gasteiger partial charge in [-0.1, -0.05) is 36.4 Å². The van der Waals surface area contributed by atoms with E-state index < -0.39 is 6.10 Å². The Morgan fingerprint density at radius 3 is 2.61 bits per heavy atom. The van der Waals surface area contributed by atoms with Crippen LogP contribution in [0.1, 0.15) is 43.6 Å². The maximum absolute atomic E-state index is 10.6. The van der Waals surface area contributed by atoms with E-state index in [9.17, 15) is 5.11 Å². The fourth-order valence-electron chi connectivity index (χ4n) is 3.30. The second-order valence-electron chi connectivity index (χ2n) is 7.85.